The van der Waals surface area contributed by atoms with Crippen molar-refractivity contribution < 1.29 is 14.6 Å². The highest BCUT2D eigenvalue weighted by Crippen LogP contribution is 2.35. The number of rotatable bonds is 5. The van der Waals surface area contributed by atoms with Crippen molar-refractivity contribution in [1.29, 1.82) is 0 Å². The highest BCUT2D eigenvalue weighted by atomic mass is 35.5. The first kappa shape index (κ1) is 18.9. The van der Waals surface area contributed by atoms with E-state index in [0.717, 1.165) is 15.4 Å². The highest BCUT2D eigenvalue weighted by Gasteiger charge is 2.16. The number of phenolic OH excluding ortho intramolecular Hbond substituents is 1. The van der Waals surface area contributed by atoms with Crippen LogP contribution in [0, 0.1) is 6.92 Å². The van der Waals surface area contributed by atoms with Crippen LogP contribution < -0.4 is 10.2 Å². The van der Waals surface area contributed by atoms with Crippen molar-refractivity contribution in [2.75, 3.05) is 7.11 Å². The maximum atomic E-state index is 12.4. The molecule has 3 rings (SSSR count). The van der Waals surface area contributed by atoms with Gasteiger partial charge in [-0.05, 0) is 19.1 Å². The van der Waals surface area contributed by atoms with Gasteiger partial charge < -0.3 is 9.84 Å². The molecule has 2 aromatic carbocycles. The average molecular weight is 402 g/mol. The lowest BCUT2D eigenvalue weighted by Gasteiger charge is -2.06. The normalized spacial score (nSPS) is 10.9. The van der Waals surface area contributed by atoms with E-state index >= 15 is 0 Å². The molecule has 0 atom stereocenters. The number of halogens is 1. The summed E-state index contributed by atoms with van der Waals surface area (Å²) >= 11 is 7.50. The fraction of sp³-hybridized carbons (Fsp3) is 0.105. The lowest BCUT2D eigenvalue weighted by atomic mass is 10.2. The molecule has 0 saturated carbocycles. The third-order valence-corrected chi connectivity index (χ3v) is 5.15. The number of amides is 1. The monoisotopic (exact) mass is 401 g/mol. The Labute approximate surface area is 165 Å². The number of benzene rings is 2. The molecule has 1 amide bonds. The third kappa shape index (κ3) is 4.10. The SMILES string of the molecule is COc1ccc(/C=N\NC(=O)c2nc(-c3ccccc3)sc2C)c(Cl)c1O. The van der Waals surface area contributed by atoms with Gasteiger partial charge in [0.1, 0.15) is 10.7 Å². The van der Waals surface area contributed by atoms with Crippen LogP contribution in [0.5, 0.6) is 11.5 Å². The molecular formula is C19H16ClN3O3S. The Bertz CT molecular complexity index is 1000. The number of phenols is 1. The van der Waals surface area contributed by atoms with Crippen molar-refractivity contribution in [3.63, 3.8) is 0 Å². The van der Waals surface area contributed by atoms with Crippen LogP contribution in [0.4, 0.5) is 0 Å². The number of thiazole rings is 1. The molecule has 0 aliphatic heterocycles. The molecule has 27 heavy (non-hydrogen) atoms. The molecule has 0 bridgehead atoms. The smallest absolute Gasteiger partial charge is 0.291 e. The molecule has 0 spiro atoms. The zero-order valence-electron chi connectivity index (χ0n) is 14.6. The Morgan fingerprint density at radius 2 is 2.04 bits per heavy atom. The number of carbonyl (C=O) groups excluding carboxylic acids is 1. The molecule has 1 heterocycles. The van der Waals surface area contributed by atoms with Gasteiger partial charge in [-0.25, -0.2) is 10.4 Å². The number of aromatic nitrogens is 1. The van der Waals surface area contributed by atoms with E-state index in [9.17, 15) is 9.90 Å². The van der Waals surface area contributed by atoms with Gasteiger partial charge in [0.25, 0.3) is 5.91 Å². The molecule has 1 aromatic heterocycles. The van der Waals surface area contributed by atoms with Gasteiger partial charge in [-0.2, -0.15) is 5.10 Å². The number of nitrogens with zero attached hydrogens (tertiary/aromatic N) is 2. The second-order valence-electron chi connectivity index (χ2n) is 5.51. The first-order valence-corrected chi connectivity index (χ1v) is 9.12. The molecule has 0 radical (unpaired) electrons. The van der Waals surface area contributed by atoms with E-state index in [0.29, 0.717) is 11.3 Å². The van der Waals surface area contributed by atoms with Crippen molar-refractivity contribution in [2.45, 2.75) is 6.92 Å². The van der Waals surface area contributed by atoms with Crippen LogP contribution in [0.1, 0.15) is 20.9 Å². The van der Waals surface area contributed by atoms with E-state index in [1.165, 1.54) is 24.7 Å². The summed E-state index contributed by atoms with van der Waals surface area (Å²) in [5.41, 5.74) is 4.14. The summed E-state index contributed by atoms with van der Waals surface area (Å²) in [6.07, 6.45) is 1.35. The molecule has 138 valence electrons. The number of aromatic hydroxyl groups is 1. The lowest BCUT2D eigenvalue weighted by molar-refractivity contribution is 0.0950. The quantitative estimate of drug-likeness (QED) is 0.494. The van der Waals surface area contributed by atoms with Gasteiger partial charge in [-0.1, -0.05) is 41.9 Å². The number of carbonyl (C=O) groups is 1. The van der Waals surface area contributed by atoms with Crippen LogP contribution in [0.2, 0.25) is 5.02 Å². The summed E-state index contributed by atoms with van der Waals surface area (Å²) in [6, 6.07) is 12.8. The lowest BCUT2D eigenvalue weighted by Crippen LogP contribution is -2.19. The summed E-state index contributed by atoms with van der Waals surface area (Å²) in [6.45, 7) is 1.83. The van der Waals surface area contributed by atoms with Crippen molar-refractivity contribution in [2.24, 2.45) is 5.10 Å². The maximum absolute atomic E-state index is 12.4. The first-order valence-electron chi connectivity index (χ1n) is 7.93. The first-order chi connectivity index (χ1) is 13.0. The van der Waals surface area contributed by atoms with E-state index < -0.39 is 5.91 Å². The predicted molar refractivity (Wildman–Crippen MR) is 107 cm³/mol. The van der Waals surface area contributed by atoms with Gasteiger partial charge in [0.05, 0.1) is 18.3 Å². The Morgan fingerprint density at radius 1 is 1.30 bits per heavy atom. The molecule has 0 aliphatic carbocycles. The van der Waals surface area contributed by atoms with E-state index in [1.807, 2.05) is 37.3 Å². The number of hydrazone groups is 1. The van der Waals surface area contributed by atoms with Crippen molar-refractivity contribution in [3.8, 4) is 22.1 Å². The molecule has 0 fully saturated rings. The Balaban J connectivity index is 1.74. The van der Waals surface area contributed by atoms with Crippen molar-refractivity contribution in [1.82, 2.24) is 10.4 Å². The van der Waals surface area contributed by atoms with E-state index in [2.05, 4.69) is 15.5 Å². The van der Waals surface area contributed by atoms with Gasteiger partial charge in [0.15, 0.2) is 11.5 Å². The summed E-state index contributed by atoms with van der Waals surface area (Å²) in [4.78, 5) is 17.6. The van der Waals surface area contributed by atoms with Gasteiger partial charge in [-0.15, -0.1) is 11.3 Å². The number of hydrogen-bond acceptors (Lipinski definition) is 6. The standard InChI is InChI=1S/C19H16ClN3O3S/c1-11-16(22-19(27-11)12-6-4-3-5-7-12)18(25)23-21-10-13-8-9-14(26-2)17(24)15(13)20/h3-10,24H,1-2H3,(H,23,25)/b21-10-. The van der Waals surface area contributed by atoms with Crippen LogP contribution in [-0.2, 0) is 0 Å². The number of aryl methyl sites for hydroxylation is 1. The van der Waals surface area contributed by atoms with Gasteiger partial charge >= 0.3 is 0 Å². The minimum absolute atomic E-state index is 0.0866. The largest absolute Gasteiger partial charge is 0.503 e. The zero-order valence-corrected chi connectivity index (χ0v) is 16.1. The minimum Gasteiger partial charge on any atom is -0.503 e. The van der Waals surface area contributed by atoms with E-state index in [4.69, 9.17) is 16.3 Å². The van der Waals surface area contributed by atoms with Crippen molar-refractivity contribution >= 4 is 35.1 Å². The predicted octanol–water partition coefficient (Wildman–Crippen LogP) is 4.25. The third-order valence-electron chi connectivity index (χ3n) is 3.73. The minimum atomic E-state index is -0.420. The second-order valence-corrected chi connectivity index (χ2v) is 7.09. The van der Waals surface area contributed by atoms with Gasteiger partial charge in [-0.3, -0.25) is 4.79 Å². The summed E-state index contributed by atoms with van der Waals surface area (Å²) in [7, 11) is 1.43. The molecular weight excluding hydrogens is 386 g/mol. The molecule has 6 nitrogen and oxygen atoms in total. The summed E-state index contributed by atoms with van der Waals surface area (Å²) < 4.78 is 4.98. The topological polar surface area (TPSA) is 83.8 Å². The fourth-order valence-corrected chi connectivity index (χ4v) is 3.47. The van der Waals surface area contributed by atoms with Crippen LogP contribution in [-0.4, -0.2) is 29.3 Å². The van der Waals surface area contributed by atoms with E-state index in [1.54, 1.807) is 12.1 Å². The highest BCUT2D eigenvalue weighted by molar-refractivity contribution is 7.15. The zero-order chi connectivity index (χ0) is 19.4. The second kappa shape index (κ2) is 8.20. The molecule has 0 saturated heterocycles. The average Bonchev–Trinajstić information content (AvgIpc) is 3.08. The van der Waals surface area contributed by atoms with Crippen LogP contribution in [0.25, 0.3) is 10.6 Å². The fourth-order valence-electron chi connectivity index (χ4n) is 2.35. The van der Waals surface area contributed by atoms with Crippen LogP contribution in [0.15, 0.2) is 47.6 Å². The molecule has 3 aromatic rings. The van der Waals surface area contributed by atoms with E-state index in [-0.39, 0.29) is 16.5 Å². The molecule has 0 unspecified atom stereocenters. The van der Waals surface area contributed by atoms with Crippen LogP contribution >= 0.6 is 22.9 Å². The number of methoxy groups -OCH3 is 1. The molecule has 8 heteroatoms. The summed E-state index contributed by atoms with van der Waals surface area (Å²) in [5.74, 6) is -0.346. The number of hydrogen-bond donors (Lipinski definition) is 2. The van der Waals surface area contributed by atoms with Crippen molar-refractivity contribution in [3.05, 3.63) is 63.6 Å². The van der Waals surface area contributed by atoms with Gasteiger partial charge in [0, 0.05) is 16.0 Å². The van der Waals surface area contributed by atoms with Gasteiger partial charge in [0.2, 0.25) is 0 Å². The Kier molecular flexibility index (Phi) is 5.73. The number of nitrogens with one attached hydrogen (secondary N) is 1. The Hall–Kier alpha value is -2.90. The Morgan fingerprint density at radius 3 is 2.74 bits per heavy atom. The number of ether oxygens (including phenoxy) is 1. The summed E-state index contributed by atoms with van der Waals surface area (Å²) in [5, 5.41) is 14.7. The molecule has 2 N–H and O–H groups in total. The molecule has 0 aliphatic rings. The maximum Gasteiger partial charge on any atom is 0.291 e. The van der Waals surface area contributed by atoms with Crippen LogP contribution in [0.3, 0.4) is 0 Å².